The van der Waals surface area contributed by atoms with E-state index in [1.54, 1.807) is 12.1 Å². The zero-order valence-electron chi connectivity index (χ0n) is 10.6. The second kappa shape index (κ2) is 6.25. The third kappa shape index (κ3) is 3.75. The minimum absolute atomic E-state index is 0.202. The van der Waals surface area contributed by atoms with E-state index in [2.05, 4.69) is 17.1 Å². The molecular weight excluding hydrogens is 252 g/mol. The topological polar surface area (TPSA) is 45.5 Å². The number of halogens is 1. The van der Waals surface area contributed by atoms with E-state index < -0.39 is 0 Å². The van der Waals surface area contributed by atoms with E-state index in [9.17, 15) is 4.79 Å². The van der Waals surface area contributed by atoms with Gasteiger partial charge in [-0.2, -0.15) is 0 Å². The van der Waals surface area contributed by atoms with Gasteiger partial charge in [-0.3, -0.25) is 4.79 Å². The molecule has 0 unspecified atom stereocenters. The van der Waals surface area contributed by atoms with Crippen LogP contribution >= 0.6 is 11.6 Å². The molecular formula is C13H19ClN2O2. The molecule has 2 rings (SSSR count). The number of hydrogen-bond acceptors (Lipinski definition) is 3. The molecule has 1 saturated heterocycles. The van der Waals surface area contributed by atoms with Crippen molar-refractivity contribution in [2.75, 3.05) is 26.2 Å². The zero-order chi connectivity index (χ0) is 13.0. The Kier molecular flexibility index (Phi) is 4.66. The lowest BCUT2D eigenvalue weighted by Gasteiger charge is -2.30. The van der Waals surface area contributed by atoms with Gasteiger partial charge in [0.15, 0.2) is 11.0 Å². The van der Waals surface area contributed by atoms with Gasteiger partial charge in [0.25, 0.3) is 5.91 Å². The van der Waals surface area contributed by atoms with E-state index in [0.717, 1.165) is 25.6 Å². The summed E-state index contributed by atoms with van der Waals surface area (Å²) in [6.07, 6.45) is 2.50. The lowest BCUT2D eigenvalue weighted by Crippen LogP contribution is -2.39. The van der Waals surface area contributed by atoms with E-state index >= 15 is 0 Å². The number of hydrogen-bond donors (Lipinski definition) is 1. The predicted molar refractivity (Wildman–Crippen MR) is 70.9 cm³/mol. The van der Waals surface area contributed by atoms with E-state index in [0.29, 0.717) is 6.54 Å². The van der Waals surface area contributed by atoms with Crippen LogP contribution in [0, 0.1) is 5.92 Å². The number of rotatable bonds is 4. The second-order valence-electron chi connectivity index (χ2n) is 4.88. The monoisotopic (exact) mass is 270 g/mol. The van der Waals surface area contributed by atoms with Crippen LogP contribution in [0.2, 0.25) is 5.22 Å². The quantitative estimate of drug-likeness (QED) is 0.914. The molecule has 0 radical (unpaired) electrons. The van der Waals surface area contributed by atoms with Crippen LogP contribution < -0.4 is 5.32 Å². The summed E-state index contributed by atoms with van der Waals surface area (Å²) in [6, 6.07) is 3.16. The number of nitrogens with one attached hydrogen (secondary N) is 1. The van der Waals surface area contributed by atoms with Gasteiger partial charge in [0.05, 0.1) is 0 Å². The van der Waals surface area contributed by atoms with Gasteiger partial charge >= 0.3 is 0 Å². The highest BCUT2D eigenvalue weighted by Gasteiger charge is 2.16. The molecule has 0 aliphatic carbocycles. The molecule has 1 amide bonds. The Labute approximate surface area is 112 Å². The zero-order valence-corrected chi connectivity index (χ0v) is 11.4. The highest BCUT2D eigenvalue weighted by molar-refractivity contribution is 6.29. The van der Waals surface area contributed by atoms with Crippen LogP contribution in [0.25, 0.3) is 0 Å². The Morgan fingerprint density at radius 3 is 2.83 bits per heavy atom. The first-order valence-electron chi connectivity index (χ1n) is 6.41. The van der Waals surface area contributed by atoms with Gasteiger partial charge in [0.1, 0.15) is 0 Å². The molecule has 2 heterocycles. The second-order valence-corrected chi connectivity index (χ2v) is 5.26. The molecule has 5 heteroatoms. The molecule has 0 spiro atoms. The summed E-state index contributed by atoms with van der Waals surface area (Å²) >= 11 is 5.62. The van der Waals surface area contributed by atoms with E-state index in [-0.39, 0.29) is 16.9 Å². The van der Waals surface area contributed by atoms with Crippen molar-refractivity contribution < 1.29 is 9.21 Å². The third-order valence-electron chi connectivity index (χ3n) is 3.39. The van der Waals surface area contributed by atoms with Gasteiger partial charge in [-0.1, -0.05) is 6.92 Å². The molecule has 0 saturated carbocycles. The molecule has 18 heavy (non-hydrogen) atoms. The van der Waals surface area contributed by atoms with Crippen LogP contribution in [-0.2, 0) is 0 Å². The molecule has 1 aromatic rings. The van der Waals surface area contributed by atoms with Gasteiger partial charge < -0.3 is 14.6 Å². The van der Waals surface area contributed by atoms with Crippen LogP contribution in [0.15, 0.2) is 16.5 Å². The fourth-order valence-electron chi connectivity index (χ4n) is 2.14. The maximum absolute atomic E-state index is 11.7. The Hall–Kier alpha value is -1.00. The first-order chi connectivity index (χ1) is 8.65. The van der Waals surface area contributed by atoms with Gasteiger partial charge in [0.2, 0.25) is 0 Å². The maximum atomic E-state index is 11.7. The average Bonchev–Trinajstić information content (AvgIpc) is 2.78. The lowest BCUT2D eigenvalue weighted by molar-refractivity contribution is 0.0917. The van der Waals surface area contributed by atoms with Gasteiger partial charge in [0, 0.05) is 13.1 Å². The maximum Gasteiger partial charge on any atom is 0.287 e. The number of likely N-dealkylation sites (tertiary alicyclic amines) is 1. The Morgan fingerprint density at radius 1 is 1.50 bits per heavy atom. The highest BCUT2D eigenvalue weighted by atomic mass is 35.5. The molecule has 4 nitrogen and oxygen atoms in total. The number of carbonyl (C=O) groups excluding carboxylic acids is 1. The number of furan rings is 1. The summed E-state index contributed by atoms with van der Waals surface area (Å²) in [6.45, 7) is 6.09. The van der Waals surface area contributed by atoms with Crippen molar-refractivity contribution in [3.05, 3.63) is 23.1 Å². The number of carbonyl (C=O) groups is 1. The number of nitrogens with zero attached hydrogens (tertiary/aromatic N) is 1. The number of amides is 1. The predicted octanol–water partition coefficient (Wildman–Crippen LogP) is 2.39. The van der Waals surface area contributed by atoms with Crippen molar-refractivity contribution in [1.29, 1.82) is 0 Å². The van der Waals surface area contributed by atoms with Gasteiger partial charge in [-0.15, -0.1) is 0 Å². The van der Waals surface area contributed by atoms with Crippen LogP contribution in [0.3, 0.4) is 0 Å². The van der Waals surface area contributed by atoms with Crippen LogP contribution in [0.1, 0.15) is 30.3 Å². The molecule has 1 N–H and O–H groups in total. The summed E-state index contributed by atoms with van der Waals surface area (Å²) in [4.78, 5) is 14.1. The molecule has 100 valence electrons. The van der Waals surface area contributed by atoms with Crippen molar-refractivity contribution in [2.45, 2.75) is 19.8 Å². The summed E-state index contributed by atoms with van der Waals surface area (Å²) in [7, 11) is 0. The highest BCUT2D eigenvalue weighted by Crippen LogP contribution is 2.15. The smallest absolute Gasteiger partial charge is 0.287 e. The van der Waals surface area contributed by atoms with Gasteiger partial charge in [-0.25, -0.2) is 0 Å². The normalized spacial score (nSPS) is 17.9. The molecule has 1 aliphatic heterocycles. The van der Waals surface area contributed by atoms with Crippen molar-refractivity contribution in [2.24, 2.45) is 5.92 Å². The molecule has 1 aliphatic rings. The van der Waals surface area contributed by atoms with Crippen molar-refractivity contribution >= 4 is 17.5 Å². The van der Waals surface area contributed by atoms with E-state index in [1.165, 1.54) is 12.8 Å². The molecule has 0 bridgehead atoms. The van der Waals surface area contributed by atoms with Crippen molar-refractivity contribution in [1.82, 2.24) is 10.2 Å². The SMILES string of the molecule is CC1CCN(CCNC(=O)c2ccc(Cl)o2)CC1. The standard InChI is InChI=1S/C13H19ClN2O2/c1-10-4-7-16(8-5-10)9-6-15-13(17)11-2-3-12(14)18-11/h2-3,10H,4-9H2,1H3,(H,15,17). The van der Waals surface area contributed by atoms with Crippen molar-refractivity contribution in [3.8, 4) is 0 Å². The molecule has 1 aromatic heterocycles. The van der Waals surface area contributed by atoms with Crippen LogP contribution in [0.5, 0.6) is 0 Å². The van der Waals surface area contributed by atoms with Crippen LogP contribution in [0.4, 0.5) is 0 Å². The minimum atomic E-state index is -0.202. The minimum Gasteiger partial charge on any atom is -0.440 e. The molecule has 0 aromatic carbocycles. The van der Waals surface area contributed by atoms with Crippen LogP contribution in [-0.4, -0.2) is 37.0 Å². The van der Waals surface area contributed by atoms with E-state index in [4.69, 9.17) is 16.0 Å². The van der Waals surface area contributed by atoms with E-state index in [1.807, 2.05) is 0 Å². The number of piperidine rings is 1. The summed E-state index contributed by atoms with van der Waals surface area (Å²) < 4.78 is 5.04. The summed E-state index contributed by atoms with van der Waals surface area (Å²) in [5, 5.41) is 3.08. The van der Waals surface area contributed by atoms with Crippen molar-refractivity contribution in [3.63, 3.8) is 0 Å². The summed E-state index contributed by atoms with van der Waals surface area (Å²) in [5.41, 5.74) is 0. The fraction of sp³-hybridized carbons (Fsp3) is 0.615. The average molecular weight is 271 g/mol. The largest absolute Gasteiger partial charge is 0.440 e. The third-order valence-corrected chi connectivity index (χ3v) is 3.59. The Bertz CT molecular complexity index is 397. The molecule has 1 fully saturated rings. The Balaban J connectivity index is 1.67. The first-order valence-corrected chi connectivity index (χ1v) is 6.79. The Morgan fingerprint density at radius 2 is 2.22 bits per heavy atom. The first kappa shape index (κ1) is 13.4. The molecule has 0 atom stereocenters. The van der Waals surface area contributed by atoms with Gasteiger partial charge in [-0.05, 0) is 55.6 Å². The lowest BCUT2D eigenvalue weighted by atomic mass is 9.99. The summed E-state index contributed by atoms with van der Waals surface area (Å²) in [5.74, 6) is 0.903. The fourth-order valence-corrected chi connectivity index (χ4v) is 2.28.